The summed E-state index contributed by atoms with van der Waals surface area (Å²) in [5.74, 6) is 0. The Morgan fingerprint density at radius 1 is 1.50 bits per heavy atom. The molecule has 0 amide bonds. The Balaban J connectivity index is 3.26. The van der Waals surface area contributed by atoms with E-state index in [0.29, 0.717) is 0 Å². The Bertz CT molecular complexity index is 107. The maximum Gasteiger partial charge on any atom is 0.114 e. The lowest BCUT2D eigenvalue weighted by molar-refractivity contribution is 1.57. The standard InChI is InChI=1S/C5H7BrN2/c1-2-7-5-8-4-3-6/h2,4-5H,1,3H2/b7-5-,8-4-. The van der Waals surface area contributed by atoms with Crippen LogP contribution in [-0.2, 0) is 0 Å². The minimum atomic E-state index is 0.760. The van der Waals surface area contributed by atoms with Crippen LogP contribution in [-0.4, -0.2) is 17.9 Å². The molecule has 0 fully saturated rings. The molecule has 0 saturated carbocycles. The van der Waals surface area contributed by atoms with Crippen LogP contribution in [0, 0.1) is 0 Å². The highest BCUT2D eigenvalue weighted by Gasteiger charge is 1.61. The van der Waals surface area contributed by atoms with Crippen LogP contribution in [0.15, 0.2) is 22.8 Å². The first kappa shape index (κ1) is 7.56. The van der Waals surface area contributed by atoms with E-state index in [1.807, 2.05) is 0 Å². The summed E-state index contributed by atoms with van der Waals surface area (Å²) in [6, 6.07) is 0. The molecule has 2 nitrogen and oxygen atoms in total. The Labute approximate surface area is 57.2 Å². The number of rotatable bonds is 3. The molecule has 0 aromatic rings. The fraction of sp³-hybridized carbons (Fsp3) is 0.200. The van der Waals surface area contributed by atoms with Crippen LogP contribution in [0.5, 0.6) is 0 Å². The summed E-state index contributed by atoms with van der Waals surface area (Å²) in [5, 5.41) is 0.760. The molecule has 0 aromatic carbocycles. The van der Waals surface area contributed by atoms with E-state index in [0.717, 1.165) is 5.33 Å². The number of hydrogen-bond donors (Lipinski definition) is 0. The highest BCUT2D eigenvalue weighted by atomic mass is 79.9. The zero-order valence-electron chi connectivity index (χ0n) is 4.42. The van der Waals surface area contributed by atoms with Gasteiger partial charge in [0.1, 0.15) is 6.34 Å². The van der Waals surface area contributed by atoms with Gasteiger partial charge < -0.3 is 0 Å². The summed E-state index contributed by atoms with van der Waals surface area (Å²) < 4.78 is 0. The summed E-state index contributed by atoms with van der Waals surface area (Å²) in [7, 11) is 0. The van der Waals surface area contributed by atoms with E-state index < -0.39 is 0 Å². The molecule has 0 aromatic heterocycles. The Morgan fingerprint density at radius 2 is 2.25 bits per heavy atom. The van der Waals surface area contributed by atoms with Gasteiger partial charge >= 0.3 is 0 Å². The van der Waals surface area contributed by atoms with Gasteiger partial charge in [0.25, 0.3) is 0 Å². The molecule has 0 spiro atoms. The molecule has 0 radical (unpaired) electrons. The molecular formula is C5H7BrN2. The van der Waals surface area contributed by atoms with Gasteiger partial charge in [-0.15, -0.1) is 0 Å². The largest absolute Gasteiger partial charge is 0.248 e. The predicted octanol–water partition coefficient (Wildman–Crippen LogP) is 1.62. The fourth-order valence-corrected chi connectivity index (χ4v) is 0.340. The van der Waals surface area contributed by atoms with Crippen molar-refractivity contribution in [2.24, 2.45) is 9.98 Å². The molecule has 44 valence electrons. The van der Waals surface area contributed by atoms with Gasteiger partial charge in [-0.25, -0.2) is 9.98 Å². The summed E-state index contributed by atoms with van der Waals surface area (Å²) in [5.41, 5.74) is 0. The normalized spacial score (nSPS) is 11.1. The average molecular weight is 175 g/mol. The highest BCUT2D eigenvalue weighted by molar-refractivity contribution is 9.09. The second kappa shape index (κ2) is 6.56. The molecule has 0 aliphatic heterocycles. The van der Waals surface area contributed by atoms with Crippen molar-refractivity contribution in [3.05, 3.63) is 12.8 Å². The van der Waals surface area contributed by atoms with E-state index in [-0.39, 0.29) is 0 Å². The van der Waals surface area contributed by atoms with Crippen molar-refractivity contribution in [3.8, 4) is 0 Å². The minimum absolute atomic E-state index is 0.760. The molecule has 0 aliphatic carbocycles. The maximum absolute atomic E-state index is 3.74. The van der Waals surface area contributed by atoms with Gasteiger partial charge in [0.05, 0.1) is 0 Å². The number of hydrogen-bond acceptors (Lipinski definition) is 1. The lowest BCUT2D eigenvalue weighted by Gasteiger charge is -1.71. The van der Waals surface area contributed by atoms with Gasteiger partial charge in [-0.05, 0) is 0 Å². The number of nitrogens with zero attached hydrogens (tertiary/aromatic N) is 2. The third kappa shape index (κ3) is 5.56. The van der Waals surface area contributed by atoms with E-state index in [4.69, 9.17) is 0 Å². The minimum Gasteiger partial charge on any atom is -0.248 e. The zero-order chi connectivity index (χ0) is 6.24. The molecule has 0 heterocycles. The zero-order valence-corrected chi connectivity index (χ0v) is 6.00. The molecule has 3 heteroatoms. The molecular weight excluding hydrogens is 168 g/mol. The first-order chi connectivity index (χ1) is 3.91. The van der Waals surface area contributed by atoms with Crippen LogP contribution in [0.2, 0.25) is 0 Å². The third-order valence-corrected chi connectivity index (χ3v) is 0.703. The Hall–Kier alpha value is -0.440. The smallest absolute Gasteiger partial charge is 0.114 e. The highest BCUT2D eigenvalue weighted by Crippen LogP contribution is 1.71. The molecule has 0 saturated heterocycles. The van der Waals surface area contributed by atoms with E-state index in [1.165, 1.54) is 12.5 Å². The van der Waals surface area contributed by atoms with Gasteiger partial charge in [-0.3, -0.25) is 0 Å². The maximum atomic E-state index is 3.74. The van der Waals surface area contributed by atoms with Crippen LogP contribution in [0.3, 0.4) is 0 Å². The van der Waals surface area contributed by atoms with Crippen LogP contribution >= 0.6 is 15.9 Å². The van der Waals surface area contributed by atoms with Crippen LogP contribution in [0.4, 0.5) is 0 Å². The van der Waals surface area contributed by atoms with Gasteiger partial charge in [-0.2, -0.15) is 0 Å². The predicted molar refractivity (Wildman–Crippen MR) is 41.0 cm³/mol. The topological polar surface area (TPSA) is 24.7 Å². The third-order valence-electron chi connectivity index (χ3n) is 0.413. The summed E-state index contributed by atoms with van der Waals surface area (Å²) in [4.78, 5) is 7.37. The van der Waals surface area contributed by atoms with E-state index in [2.05, 4.69) is 32.5 Å². The molecule has 0 atom stereocenters. The first-order valence-corrected chi connectivity index (χ1v) is 3.24. The monoisotopic (exact) mass is 174 g/mol. The van der Waals surface area contributed by atoms with Crippen molar-refractivity contribution >= 4 is 28.5 Å². The van der Waals surface area contributed by atoms with E-state index in [1.54, 1.807) is 6.21 Å². The second-order valence-electron chi connectivity index (χ2n) is 0.933. The fourth-order valence-electron chi connectivity index (χ4n) is 0.173. The van der Waals surface area contributed by atoms with E-state index >= 15 is 0 Å². The van der Waals surface area contributed by atoms with Crippen molar-refractivity contribution in [2.45, 2.75) is 0 Å². The quantitative estimate of drug-likeness (QED) is 0.353. The van der Waals surface area contributed by atoms with Crippen molar-refractivity contribution < 1.29 is 0 Å². The molecule has 0 N–H and O–H groups in total. The average Bonchev–Trinajstić information content (AvgIpc) is 1.81. The van der Waals surface area contributed by atoms with Crippen LogP contribution < -0.4 is 0 Å². The van der Waals surface area contributed by atoms with Crippen LogP contribution in [0.25, 0.3) is 0 Å². The Kier molecular flexibility index (Phi) is 6.20. The van der Waals surface area contributed by atoms with Crippen molar-refractivity contribution in [1.82, 2.24) is 0 Å². The van der Waals surface area contributed by atoms with Crippen molar-refractivity contribution in [1.29, 1.82) is 0 Å². The second-order valence-corrected chi connectivity index (χ2v) is 1.58. The number of aliphatic imine (C=N–C) groups is 2. The molecule has 8 heavy (non-hydrogen) atoms. The Morgan fingerprint density at radius 3 is 2.75 bits per heavy atom. The van der Waals surface area contributed by atoms with Crippen molar-refractivity contribution in [2.75, 3.05) is 5.33 Å². The summed E-state index contributed by atoms with van der Waals surface area (Å²) in [6.45, 7) is 3.37. The van der Waals surface area contributed by atoms with Gasteiger partial charge in [-0.1, -0.05) is 22.5 Å². The van der Waals surface area contributed by atoms with Crippen molar-refractivity contribution in [3.63, 3.8) is 0 Å². The lowest BCUT2D eigenvalue weighted by Crippen LogP contribution is -1.71. The summed E-state index contributed by atoms with van der Waals surface area (Å²) >= 11 is 3.16. The van der Waals surface area contributed by atoms with Crippen LogP contribution in [0.1, 0.15) is 0 Å². The lowest BCUT2D eigenvalue weighted by atomic mass is 10.9. The molecule has 0 bridgehead atoms. The van der Waals surface area contributed by atoms with Gasteiger partial charge in [0.15, 0.2) is 0 Å². The molecule has 0 unspecified atom stereocenters. The van der Waals surface area contributed by atoms with E-state index in [9.17, 15) is 0 Å². The number of halogens is 1. The van der Waals surface area contributed by atoms with Gasteiger partial charge in [0, 0.05) is 17.7 Å². The molecule has 0 rings (SSSR count). The first-order valence-electron chi connectivity index (χ1n) is 2.12. The molecule has 0 aliphatic rings. The number of alkyl halides is 1. The SMILES string of the molecule is C=C/N=C\N=C/CBr. The summed E-state index contributed by atoms with van der Waals surface area (Å²) in [6.07, 6.45) is 4.58. The van der Waals surface area contributed by atoms with Gasteiger partial charge in [0.2, 0.25) is 0 Å².